The first-order chi connectivity index (χ1) is 19.3. The van der Waals surface area contributed by atoms with Gasteiger partial charge in [-0.15, -0.1) is 34.0 Å². The highest BCUT2D eigenvalue weighted by Gasteiger charge is 2.10. The van der Waals surface area contributed by atoms with E-state index in [1.165, 1.54) is 63.3 Å². The highest BCUT2D eigenvalue weighted by molar-refractivity contribution is 7.27. The Morgan fingerprint density at radius 3 is 1.10 bits per heavy atom. The lowest BCUT2D eigenvalue weighted by atomic mass is 9.97. The van der Waals surface area contributed by atoms with Crippen LogP contribution in [0.3, 0.4) is 0 Å². The Balaban J connectivity index is 1.06. The number of rotatable bonds is 6. The van der Waals surface area contributed by atoms with Gasteiger partial charge >= 0.3 is 0 Å². The molecule has 3 heteroatoms. The molecule has 0 radical (unpaired) electrons. The van der Waals surface area contributed by atoms with Crippen LogP contribution in [0.15, 0.2) is 145 Å². The van der Waals surface area contributed by atoms with Crippen LogP contribution >= 0.6 is 34.0 Å². The maximum atomic E-state index is 2.25. The van der Waals surface area contributed by atoms with E-state index in [1.807, 2.05) is 22.7 Å². The summed E-state index contributed by atoms with van der Waals surface area (Å²) < 4.78 is 0. The van der Waals surface area contributed by atoms with E-state index in [0.29, 0.717) is 0 Å². The van der Waals surface area contributed by atoms with Crippen molar-refractivity contribution in [2.24, 2.45) is 0 Å². The molecule has 7 rings (SSSR count). The van der Waals surface area contributed by atoms with Crippen LogP contribution in [0.25, 0.3) is 63.3 Å². The second-order valence-electron chi connectivity index (χ2n) is 9.40. The Labute approximate surface area is 241 Å². The van der Waals surface area contributed by atoms with Crippen molar-refractivity contribution in [2.45, 2.75) is 0 Å². The highest BCUT2D eigenvalue weighted by Crippen LogP contribution is 2.41. The van der Waals surface area contributed by atoms with Crippen LogP contribution in [0.2, 0.25) is 0 Å². The van der Waals surface area contributed by atoms with E-state index in [1.54, 1.807) is 11.3 Å². The molecule has 4 aromatic carbocycles. The molecule has 0 saturated heterocycles. The zero-order valence-electron chi connectivity index (χ0n) is 21.1. The zero-order valence-corrected chi connectivity index (χ0v) is 23.5. The minimum Gasteiger partial charge on any atom is -0.143 e. The van der Waals surface area contributed by atoms with Crippen molar-refractivity contribution < 1.29 is 0 Å². The van der Waals surface area contributed by atoms with Crippen molar-refractivity contribution in [1.29, 1.82) is 0 Å². The van der Waals surface area contributed by atoms with E-state index in [-0.39, 0.29) is 0 Å². The number of hydrogen-bond donors (Lipinski definition) is 0. The molecule has 0 atom stereocenters. The molecule has 0 bridgehead atoms. The quantitative estimate of drug-likeness (QED) is 0.192. The monoisotopic (exact) mass is 552 g/mol. The molecular formula is C36H24S3. The Hall–Kier alpha value is -4.02. The van der Waals surface area contributed by atoms with Crippen molar-refractivity contribution in [3.8, 4) is 63.3 Å². The van der Waals surface area contributed by atoms with Gasteiger partial charge in [-0.25, -0.2) is 0 Å². The number of hydrogen-bond acceptors (Lipinski definition) is 3. The molecule has 3 aromatic heterocycles. The molecule has 186 valence electrons. The normalized spacial score (nSPS) is 11.1. The summed E-state index contributed by atoms with van der Waals surface area (Å²) in [5.41, 5.74) is 8.69. The fraction of sp³-hybridized carbons (Fsp3) is 0. The summed E-state index contributed by atoms with van der Waals surface area (Å²) in [5.74, 6) is 0. The van der Waals surface area contributed by atoms with E-state index < -0.39 is 0 Å². The minimum absolute atomic E-state index is 1.23. The van der Waals surface area contributed by atoms with E-state index in [0.717, 1.165) is 0 Å². The fourth-order valence-corrected chi connectivity index (χ4v) is 7.76. The second-order valence-corrected chi connectivity index (χ2v) is 12.5. The summed E-state index contributed by atoms with van der Waals surface area (Å²) >= 11 is 5.53. The van der Waals surface area contributed by atoms with Crippen LogP contribution in [-0.2, 0) is 0 Å². The molecule has 0 saturated carbocycles. The van der Waals surface area contributed by atoms with Crippen LogP contribution in [0, 0.1) is 0 Å². The smallest absolute Gasteiger partial charge is 0.0449 e. The van der Waals surface area contributed by atoms with Gasteiger partial charge in [-0.1, -0.05) is 109 Å². The van der Waals surface area contributed by atoms with E-state index in [4.69, 9.17) is 0 Å². The Morgan fingerprint density at radius 2 is 0.641 bits per heavy atom. The Kier molecular flexibility index (Phi) is 6.55. The largest absolute Gasteiger partial charge is 0.143 e. The first kappa shape index (κ1) is 24.1. The Bertz CT molecular complexity index is 1800. The van der Waals surface area contributed by atoms with Crippen LogP contribution in [0.5, 0.6) is 0 Å². The molecule has 7 aromatic rings. The van der Waals surface area contributed by atoms with Gasteiger partial charge in [0.15, 0.2) is 0 Å². The van der Waals surface area contributed by atoms with E-state index in [2.05, 4.69) is 145 Å². The lowest BCUT2D eigenvalue weighted by Gasteiger charge is -2.07. The lowest BCUT2D eigenvalue weighted by Crippen LogP contribution is -1.82. The average molecular weight is 553 g/mol. The molecular weight excluding hydrogens is 529 g/mol. The Morgan fingerprint density at radius 1 is 0.256 bits per heavy atom. The molecule has 0 spiro atoms. The standard InChI is InChI=1S/C36H24S3/c1-2-5-25(6-3-1)26-8-10-27(11-9-26)28-12-14-29(15-13-28)30-16-18-31(19-17-30)32-20-21-35(38-32)36-23-22-34(39-36)33-7-4-24-37-33/h1-24H. The molecule has 0 fully saturated rings. The summed E-state index contributed by atoms with van der Waals surface area (Å²) in [7, 11) is 0. The van der Waals surface area contributed by atoms with E-state index >= 15 is 0 Å². The third-order valence-corrected chi connectivity index (χ3v) is 10.4. The minimum atomic E-state index is 1.23. The van der Waals surface area contributed by atoms with E-state index in [9.17, 15) is 0 Å². The first-order valence-electron chi connectivity index (χ1n) is 12.9. The summed E-state index contributed by atoms with van der Waals surface area (Å²) in [6.07, 6.45) is 0. The summed E-state index contributed by atoms with van der Waals surface area (Å²) in [5, 5.41) is 2.14. The van der Waals surface area contributed by atoms with Crippen molar-refractivity contribution in [2.75, 3.05) is 0 Å². The van der Waals surface area contributed by atoms with Crippen LogP contribution in [0.1, 0.15) is 0 Å². The summed E-state index contributed by atoms with van der Waals surface area (Å²) in [4.78, 5) is 6.65. The van der Waals surface area contributed by atoms with Crippen LogP contribution < -0.4 is 0 Å². The van der Waals surface area contributed by atoms with Gasteiger partial charge in [-0.2, -0.15) is 0 Å². The highest BCUT2D eigenvalue weighted by atomic mass is 32.1. The SMILES string of the molecule is c1ccc(-c2ccc(-c3ccc(-c4ccc(-c5ccc(-c6ccc(-c7cccs7)s6)s5)cc4)cc3)cc2)cc1. The van der Waals surface area contributed by atoms with Gasteiger partial charge in [0.2, 0.25) is 0 Å². The molecule has 0 nitrogen and oxygen atoms in total. The van der Waals surface area contributed by atoms with Crippen molar-refractivity contribution >= 4 is 34.0 Å². The van der Waals surface area contributed by atoms with Crippen LogP contribution in [-0.4, -0.2) is 0 Å². The van der Waals surface area contributed by atoms with Gasteiger partial charge < -0.3 is 0 Å². The van der Waals surface area contributed by atoms with Gasteiger partial charge in [0.25, 0.3) is 0 Å². The maximum Gasteiger partial charge on any atom is 0.0449 e. The van der Waals surface area contributed by atoms with Gasteiger partial charge in [-0.3, -0.25) is 0 Å². The predicted octanol–water partition coefficient (Wildman–Crippen LogP) is 11.9. The zero-order chi connectivity index (χ0) is 26.0. The molecule has 0 aliphatic rings. The van der Waals surface area contributed by atoms with Crippen LogP contribution in [0.4, 0.5) is 0 Å². The molecule has 0 N–H and O–H groups in total. The summed E-state index contributed by atoms with van der Waals surface area (Å²) in [6.45, 7) is 0. The van der Waals surface area contributed by atoms with Crippen molar-refractivity contribution in [1.82, 2.24) is 0 Å². The topological polar surface area (TPSA) is 0 Å². The fourth-order valence-electron chi connectivity index (χ4n) is 4.81. The van der Waals surface area contributed by atoms with Crippen molar-refractivity contribution in [3.05, 3.63) is 145 Å². The predicted molar refractivity (Wildman–Crippen MR) is 173 cm³/mol. The first-order valence-corrected chi connectivity index (χ1v) is 15.4. The lowest BCUT2D eigenvalue weighted by molar-refractivity contribution is 1.57. The molecule has 0 unspecified atom stereocenters. The molecule has 0 aliphatic heterocycles. The van der Waals surface area contributed by atoms with Gasteiger partial charge in [-0.05, 0) is 74.7 Å². The van der Waals surface area contributed by atoms with Gasteiger partial charge in [0.05, 0.1) is 0 Å². The van der Waals surface area contributed by atoms with Gasteiger partial charge in [0.1, 0.15) is 0 Å². The number of thiophene rings is 3. The molecule has 39 heavy (non-hydrogen) atoms. The second kappa shape index (κ2) is 10.6. The third kappa shape index (κ3) is 5.05. The van der Waals surface area contributed by atoms with Crippen molar-refractivity contribution in [3.63, 3.8) is 0 Å². The number of benzene rings is 4. The maximum absolute atomic E-state index is 2.25. The molecule has 0 aliphatic carbocycles. The summed E-state index contributed by atoms with van der Waals surface area (Å²) in [6, 6.07) is 50.5. The molecule has 3 heterocycles. The third-order valence-electron chi connectivity index (χ3n) is 6.93. The molecule has 0 amide bonds. The van der Waals surface area contributed by atoms with Gasteiger partial charge in [0, 0.05) is 24.4 Å². The average Bonchev–Trinajstić information content (AvgIpc) is 3.80.